The Morgan fingerprint density at radius 1 is 1.09 bits per heavy atom. The summed E-state index contributed by atoms with van der Waals surface area (Å²) < 4.78 is 4.92. The third kappa shape index (κ3) is 4.70. The van der Waals surface area contributed by atoms with Crippen LogP contribution in [0.25, 0.3) is 22.1 Å². The van der Waals surface area contributed by atoms with Gasteiger partial charge in [0.25, 0.3) is 0 Å². The van der Waals surface area contributed by atoms with E-state index in [1.54, 1.807) is 12.1 Å². The zero-order chi connectivity index (χ0) is 30.1. The van der Waals surface area contributed by atoms with Crippen LogP contribution in [0.3, 0.4) is 0 Å². The van der Waals surface area contributed by atoms with Crippen LogP contribution in [0, 0.1) is 13.8 Å². The molecular formula is C33H34N4O5Zn. The number of esters is 1. The number of nitrogens with zero attached hydrogens (tertiary/aromatic N) is 4. The molecule has 5 heterocycles. The van der Waals surface area contributed by atoms with E-state index in [-0.39, 0.29) is 74.0 Å². The van der Waals surface area contributed by atoms with Gasteiger partial charge in [-0.2, -0.15) is 0 Å². The van der Waals surface area contributed by atoms with Crippen LogP contribution in [0.2, 0.25) is 0 Å². The minimum Gasteiger partial charge on any atom is -0.657 e. The van der Waals surface area contributed by atoms with Gasteiger partial charge >= 0.3 is 25.4 Å². The van der Waals surface area contributed by atoms with Crippen LogP contribution in [-0.2, 0) is 47.5 Å². The molecule has 1 aliphatic carbocycles. The first-order chi connectivity index (χ1) is 20.0. The molecule has 10 heteroatoms. The van der Waals surface area contributed by atoms with Gasteiger partial charge in [-0.25, -0.2) is 4.98 Å². The van der Waals surface area contributed by atoms with Gasteiger partial charge in [-0.3, -0.25) is 19.4 Å². The fourth-order valence-electron chi connectivity index (χ4n) is 6.61. The molecule has 3 aromatic rings. The molecule has 9 nitrogen and oxygen atoms in total. The van der Waals surface area contributed by atoms with Crippen molar-refractivity contribution in [3.05, 3.63) is 68.8 Å². The van der Waals surface area contributed by atoms with Crippen LogP contribution in [0.1, 0.15) is 112 Å². The fourth-order valence-corrected chi connectivity index (χ4v) is 6.61. The Labute approximate surface area is 262 Å². The number of ketones is 2. The van der Waals surface area contributed by atoms with Gasteiger partial charge in [0.2, 0.25) is 0 Å². The number of aliphatic hydroxyl groups is 1. The first-order valence-corrected chi connectivity index (χ1v) is 14.4. The van der Waals surface area contributed by atoms with Gasteiger partial charge in [-0.1, -0.05) is 37.1 Å². The maximum absolute atomic E-state index is 13.7. The molecule has 3 atom stereocenters. The van der Waals surface area contributed by atoms with Crippen molar-refractivity contribution in [1.82, 2.24) is 19.9 Å². The molecule has 3 aromatic heterocycles. The summed E-state index contributed by atoms with van der Waals surface area (Å²) in [6, 6.07) is 5.42. The van der Waals surface area contributed by atoms with Crippen molar-refractivity contribution >= 4 is 39.6 Å². The Hall–Kier alpha value is -3.49. The Kier molecular flexibility index (Phi) is 8.07. The molecule has 1 N–H and O–H groups in total. The average Bonchev–Trinajstić information content (AvgIpc) is 3.71. The minimum absolute atomic E-state index is 0. The largest absolute Gasteiger partial charge is 2.00 e. The topological polar surface area (TPSA) is 135 Å². The molecule has 0 saturated heterocycles. The van der Waals surface area contributed by atoms with E-state index in [4.69, 9.17) is 24.7 Å². The normalized spacial score (nSPS) is 20.8. The number of Topliss-reactive ketones (excluding diaryl/α,β-unsaturated/α-hetero) is 2. The summed E-state index contributed by atoms with van der Waals surface area (Å²) in [6.45, 7) is 9.45. The average molecular weight is 632 g/mol. The van der Waals surface area contributed by atoms with E-state index in [1.165, 1.54) is 7.11 Å². The molecule has 1 unspecified atom stereocenters. The van der Waals surface area contributed by atoms with Crippen molar-refractivity contribution in [3.8, 4) is 0 Å². The van der Waals surface area contributed by atoms with Gasteiger partial charge in [-0.05, 0) is 50.8 Å². The summed E-state index contributed by atoms with van der Waals surface area (Å²) in [5, 5.41) is 10.3. The molecule has 0 amide bonds. The predicted molar refractivity (Wildman–Crippen MR) is 157 cm³/mol. The molecule has 2 aliphatic heterocycles. The Morgan fingerprint density at radius 3 is 2.49 bits per heavy atom. The van der Waals surface area contributed by atoms with E-state index in [0.29, 0.717) is 57.3 Å². The summed E-state index contributed by atoms with van der Waals surface area (Å²) in [5.41, 5.74) is 7.46. The number of carbonyl (C=O) groups is 3. The van der Waals surface area contributed by atoms with Gasteiger partial charge in [0.15, 0.2) is 11.6 Å². The molecule has 8 bridgehead atoms. The zero-order valence-corrected chi connectivity index (χ0v) is 28.5. The second-order valence-electron chi connectivity index (χ2n) is 11.8. The molecule has 218 valence electrons. The molecule has 0 spiro atoms. The van der Waals surface area contributed by atoms with Gasteiger partial charge in [-0.15, -0.1) is 22.1 Å². The van der Waals surface area contributed by atoms with Gasteiger partial charge in [0.1, 0.15) is 5.69 Å². The van der Waals surface area contributed by atoms with E-state index in [2.05, 4.69) is 6.92 Å². The second kappa shape index (κ2) is 11.2. The number of aryl methyl sites for hydroxylation is 2. The summed E-state index contributed by atoms with van der Waals surface area (Å²) >= 11 is 0. The van der Waals surface area contributed by atoms with E-state index in [9.17, 15) is 19.5 Å². The van der Waals surface area contributed by atoms with Crippen molar-refractivity contribution in [1.29, 1.82) is 0 Å². The monoisotopic (exact) mass is 630 g/mol. The molecule has 0 saturated carbocycles. The second-order valence-corrected chi connectivity index (χ2v) is 11.8. The number of carbonyl (C=O) groups excluding carboxylic acids is 3. The Bertz CT molecular complexity index is 1860. The molecule has 0 fully saturated rings. The molecule has 0 aromatic carbocycles. The Morgan fingerprint density at radius 2 is 1.81 bits per heavy atom. The first-order valence-electron chi connectivity index (χ1n) is 14.4. The van der Waals surface area contributed by atoms with Crippen LogP contribution in [0.15, 0.2) is 18.2 Å². The summed E-state index contributed by atoms with van der Waals surface area (Å²) in [6.07, 6.45) is 1.44. The molecular weight excluding hydrogens is 598 g/mol. The maximum atomic E-state index is 13.7. The Balaban J connectivity index is 0.00000368. The van der Waals surface area contributed by atoms with Crippen LogP contribution >= 0.6 is 0 Å². The van der Waals surface area contributed by atoms with Crippen molar-refractivity contribution in [2.45, 2.75) is 84.2 Å². The SMILES string of the molecule is CCC1(C)C(=O)c2cc3[n-]c4c(c5nc(cc6[n-]c(cc1n2)c(CO)c6C)[C@@H](C)[C@@H]5CCC(=O)OC)CC(=O)c4c3C.[Zn+2]. The van der Waals surface area contributed by atoms with Gasteiger partial charge in [0, 0.05) is 41.6 Å². The van der Waals surface area contributed by atoms with Crippen molar-refractivity contribution in [3.63, 3.8) is 0 Å². The minimum atomic E-state index is -0.861. The molecule has 6 rings (SSSR count). The number of fused-ring (bicyclic) bond motifs is 8. The molecule has 43 heavy (non-hydrogen) atoms. The summed E-state index contributed by atoms with van der Waals surface area (Å²) in [7, 11) is 1.37. The number of hydrogen-bond acceptors (Lipinski definition) is 7. The van der Waals surface area contributed by atoms with E-state index < -0.39 is 5.41 Å². The number of aliphatic hydroxyl groups excluding tert-OH is 1. The standard InChI is InChI=1S/C33H35N4O5.Zn/c1-7-33(5)27-13-24-20(14-38)16(3)21(34-24)11-22-15(2)18(8-9-28(40)42-6)30(36-22)19-10-26(39)29-17(4)23(37-31(19)29)12-25(35-27)32(33)41;/h11-13,15,18,38H,7-10,14H2,1-6H3,(H-,34,35,36,37,39,41);/q-1;+2/p-1/t15-,18-,33?;/m0./s1. The predicted octanol–water partition coefficient (Wildman–Crippen LogP) is 4.81. The van der Waals surface area contributed by atoms with E-state index in [1.807, 2.05) is 33.8 Å². The van der Waals surface area contributed by atoms with Crippen molar-refractivity contribution in [2.75, 3.05) is 7.11 Å². The quantitative estimate of drug-likeness (QED) is 0.311. The van der Waals surface area contributed by atoms with Gasteiger partial charge in [0.05, 0.1) is 24.8 Å². The third-order valence-electron chi connectivity index (χ3n) is 9.62. The number of rotatable bonds is 5. The molecule has 0 radical (unpaired) electrons. The maximum Gasteiger partial charge on any atom is 2.00 e. The van der Waals surface area contributed by atoms with Crippen LogP contribution < -0.4 is 9.97 Å². The molecule has 3 aliphatic rings. The number of hydrogen-bond donors (Lipinski definition) is 1. The van der Waals surface area contributed by atoms with Crippen LogP contribution in [0.5, 0.6) is 0 Å². The third-order valence-corrected chi connectivity index (χ3v) is 9.62. The number of ether oxygens (including phenoxy) is 1. The zero-order valence-electron chi connectivity index (χ0n) is 25.5. The number of aromatic nitrogens is 4. The fraction of sp³-hybridized carbons (Fsp3) is 0.424. The summed E-state index contributed by atoms with van der Waals surface area (Å²) in [4.78, 5) is 58.9. The smallest absolute Gasteiger partial charge is 0.657 e. The van der Waals surface area contributed by atoms with E-state index >= 15 is 0 Å². The van der Waals surface area contributed by atoms with Crippen LogP contribution in [-0.4, -0.2) is 39.7 Å². The van der Waals surface area contributed by atoms with E-state index in [0.717, 1.165) is 22.5 Å². The first kappa shape index (κ1) is 31.0. The van der Waals surface area contributed by atoms with Crippen molar-refractivity contribution < 1.29 is 43.7 Å². The summed E-state index contributed by atoms with van der Waals surface area (Å²) in [5.74, 6) is -0.648. The van der Waals surface area contributed by atoms with Crippen molar-refractivity contribution in [2.24, 2.45) is 0 Å². The number of methoxy groups -OCH3 is 1. The van der Waals surface area contributed by atoms with Crippen LogP contribution in [0.4, 0.5) is 0 Å². The van der Waals surface area contributed by atoms with Gasteiger partial charge < -0.3 is 19.8 Å².